The van der Waals surface area contributed by atoms with Crippen molar-refractivity contribution in [2.45, 2.75) is 9.79 Å². The van der Waals surface area contributed by atoms with Gasteiger partial charge in [0.25, 0.3) is 0 Å². The van der Waals surface area contributed by atoms with E-state index in [1.807, 2.05) is 0 Å². The fourth-order valence-electron chi connectivity index (χ4n) is 2.54. The summed E-state index contributed by atoms with van der Waals surface area (Å²) in [6.45, 7) is 0. The molecule has 0 heterocycles. The predicted molar refractivity (Wildman–Crippen MR) is 98.6 cm³/mol. The second kappa shape index (κ2) is 9.39. The van der Waals surface area contributed by atoms with Crippen LogP contribution in [0.15, 0.2) is 79.4 Å². The van der Waals surface area contributed by atoms with E-state index in [0.717, 1.165) is 8.95 Å². The van der Waals surface area contributed by atoms with Crippen molar-refractivity contribution in [3.05, 3.63) is 69.6 Å². The Hall–Kier alpha value is 0.433. The van der Waals surface area contributed by atoms with Crippen LogP contribution in [-0.2, 0) is 26.2 Å². The monoisotopic (exact) mass is 576 g/mol. The van der Waals surface area contributed by atoms with E-state index in [-0.39, 0.29) is 51.0 Å². The summed E-state index contributed by atoms with van der Waals surface area (Å²) in [5.74, 6) is 0. The number of halogens is 4. The minimum Gasteiger partial charge on any atom is -1.00 e. The summed E-state index contributed by atoms with van der Waals surface area (Å²) in [6.07, 6.45) is 0. The molecule has 0 spiro atoms. The molecule has 0 N–H and O–H groups in total. The Bertz CT molecular complexity index is 884. The van der Waals surface area contributed by atoms with Crippen LogP contribution in [0, 0.1) is 0 Å². The summed E-state index contributed by atoms with van der Waals surface area (Å²) in [4.78, 5) is 2.52. The van der Waals surface area contributed by atoms with Gasteiger partial charge in [-0.15, -0.1) is 89.8 Å². The number of benzene rings is 2. The number of hydrogen-bond acceptors (Lipinski definition) is 1. The summed E-state index contributed by atoms with van der Waals surface area (Å²) in [5.41, 5.74) is 0. The fraction of sp³-hybridized carbons (Fsp3) is 0. The average molecular weight is 580 g/mol. The summed E-state index contributed by atoms with van der Waals surface area (Å²) < 4.78 is 2.32. The van der Waals surface area contributed by atoms with Crippen LogP contribution in [0.25, 0.3) is 21.5 Å². The van der Waals surface area contributed by atoms with Crippen LogP contribution in [-0.4, -0.2) is 0 Å². The molecule has 0 atom stereocenters. The topological polar surface area (TPSA) is 0 Å². The van der Waals surface area contributed by atoms with Gasteiger partial charge >= 0.3 is 26.2 Å². The van der Waals surface area contributed by atoms with Crippen molar-refractivity contribution in [2.24, 2.45) is 0 Å². The first-order chi connectivity index (χ1) is 10.2. The van der Waals surface area contributed by atoms with Crippen molar-refractivity contribution in [3.8, 4) is 0 Å². The molecule has 24 heavy (non-hydrogen) atoms. The Morgan fingerprint density at radius 1 is 0.708 bits per heavy atom. The fourth-order valence-corrected chi connectivity index (χ4v) is 4.39. The first-order valence-electron chi connectivity index (χ1n) is 6.58. The van der Waals surface area contributed by atoms with Crippen molar-refractivity contribution in [3.63, 3.8) is 0 Å². The molecule has 0 saturated heterocycles. The first-order valence-corrected chi connectivity index (χ1v) is 8.99. The smallest absolute Gasteiger partial charge is 1.00 e. The van der Waals surface area contributed by atoms with Crippen LogP contribution in [0.5, 0.6) is 0 Å². The molecule has 0 saturated carbocycles. The molecule has 0 fully saturated rings. The molecule has 0 aliphatic heterocycles. The molecule has 0 bridgehead atoms. The SMILES string of the molecule is Brc1c[cH-]c2ccc(Sc3ccc4[cH-]cc(Br)c4c3)cc12.[Cl-].[Cl-].[Zr+4]. The van der Waals surface area contributed by atoms with Gasteiger partial charge in [-0.2, -0.15) is 0 Å². The van der Waals surface area contributed by atoms with Gasteiger partial charge in [-0.05, 0) is 9.79 Å². The van der Waals surface area contributed by atoms with Gasteiger partial charge in [0.05, 0.1) is 0 Å². The zero-order chi connectivity index (χ0) is 14.4. The molecular formula is C18H10Br2Cl2SZr. The van der Waals surface area contributed by atoms with Gasteiger partial charge in [-0.1, -0.05) is 45.0 Å². The third kappa shape index (κ3) is 4.39. The minimum absolute atomic E-state index is 0. The van der Waals surface area contributed by atoms with Crippen LogP contribution in [0.2, 0.25) is 0 Å². The average Bonchev–Trinajstić information content (AvgIpc) is 3.04. The van der Waals surface area contributed by atoms with Gasteiger partial charge in [0.1, 0.15) is 0 Å². The van der Waals surface area contributed by atoms with Crippen molar-refractivity contribution < 1.29 is 51.0 Å². The maximum absolute atomic E-state index is 3.61. The molecule has 4 aromatic carbocycles. The van der Waals surface area contributed by atoms with Crippen LogP contribution >= 0.6 is 43.6 Å². The van der Waals surface area contributed by atoms with Crippen LogP contribution < -0.4 is 24.8 Å². The first kappa shape index (κ1) is 22.5. The van der Waals surface area contributed by atoms with Crippen LogP contribution in [0.1, 0.15) is 0 Å². The number of fused-ring (bicyclic) bond motifs is 2. The third-order valence-corrected chi connectivity index (χ3v) is 5.98. The molecule has 4 aromatic rings. The van der Waals surface area contributed by atoms with E-state index in [1.165, 1.54) is 31.3 Å². The van der Waals surface area contributed by atoms with E-state index >= 15 is 0 Å². The van der Waals surface area contributed by atoms with Gasteiger partial charge in [-0.25, -0.2) is 0 Å². The normalized spacial score (nSPS) is 10.1. The van der Waals surface area contributed by atoms with Crippen LogP contribution in [0.4, 0.5) is 0 Å². The minimum atomic E-state index is 0. The van der Waals surface area contributed by atoms with Crippen LogP contribution in [0.3, 0.4) is 0 Å². The molecule has 0 aromatic heterocycles. The zero-order valence-corrected chi connectivity index (χ0v) is 20.2. The van der Waals surface area contributed by atoms with Gasteiger partial charge in [0, 0.05) is 0 Å². The number of hydrogen-bond donors (Lipinski definition) is 0. The number of rotatable bonds is 2. The quantitative estimate of drug-likeness (QED) is 0.321. The second-order valence-corrected chi connectivity index (χ2v) is 7.82. The molecule has 0 nitrogen and oxygen atoms in total. The van der Waals surface area contributed by atoms with E-state index in [9.17, 15) is 0 Å². The van der Waals surface area contributed by atoms with Gasteiger partial charge in [-0.3, -0.25) is 0 Å². The van der Waals surface area contributed by atoms with E-state index in [4.69, 9.17) is 0 Å². The summed E-state index contributed by atoms with van der Waals surface area (Å²) in [6, 6.07) is 21.7. The second-order valence-electron chi connectivity index (χ2n) is 4.96. The predicted octanol–water partition coefficient (Wildman–Crippen LogP) is 1.11. The zero-order valence-electron chi connectivity index (χ0n) is 12.2. The van der Waals surface area contributed by atoms with Crippen molar-refractivity contribution in [1.29, 1.82) is 0 Å². The van der Waals surface area contributed by atoms with Gasteiger partial charge in [0.15, 0.2) is 0 Å². The molecule has 0 aliphatic carbocycles. The molecular weight excluding hydrogens is 570 g/mol. The van der Waals surface area contributed by atoms with E-state index in [1.54, 1.807) is 11.8 Å². The third-order valence-electron chi connectivity index (χ3n) is 3.62. The molecule has 0 aliphatic rings. The maximum atomic E-state index is 3.61. The molecule has 6 heteroatoms. The Morgan fingerprint density at radius 2 is 1.12 bits per heavy atom. The van der Waals surface area contributed by atoms with Gasteiger partial charge < -0.3 is 24.8 Å². The van der Waals surface area contributed by atoms with Crippen molar-refractivity contribution >= 4 is 65.2 Å². The van der Waals surface area contributed by atoms with Crippen molar-refractivity contribution in [2.75, 3.05) is 0 Å². The van der Waals surface area contributed by atoms with E-state index in [2.05, 4.69) is 92.5 Å². The largest absolute Gasteiger partial charge is 4.00 e. The Labute approximate surface area is 193 Å². The summed E-state index contributed by atoms with van der Waals surface area (Å²) in [5, 5.41) is 5.10. The molecule has 0 amide bonds. The molecule has 0 radical (unpaired) electrons. The van der Waals surface area contributed by atoms with Crippen molar-refractivity contribution in [1.82, 2.24) is 0 Å². The molecule has 0 unspecified atom stereocenters. The summed E-state index contributed by atoms with van der Waals surface area (Å²) in [7, 11) is 0. The molecule has 4 rings (SSSR count). The van der Waals surface area contributed by atoms with E-state index in [0.29, 0.717) is 0 Å². The maximum Gasteiger partial charge on any atom is 4.00 e. The standard InChI is InChI=1S/C18H10Br2S.2ClH.Zr/c19-17-7-3-11-1-5-13(9-15(11)17)21-14-6-2-12-4-8-18(20)16(12)10-14;;;/h1-10H;2*1H;/q-2;;;+4/p-2. The van der Waals surface area contributed by atoms with E-state index < -0.39 is 0 Å². The Kier molecular flexibility index (Phi) is 8.80. The van der Waals surface area contributed by atoms with Gasteiger partial charge in [0.2, 0.25) is 0 Å². The Morgan fingerprint density at radius 3 is 1.54 bits per heavy atom. The molecule has 120 valence electrons. The Balaban J connectivity index is 0.000000960. The summed E-state index contributed by atoms with van der Waals surface area (Å²) >= 11 is 9.02.